The maximum absolute atomic E-state index is 13.8. The summed E-state index contributed by atoms with van der Waals surface area (Å²) in [4.78, 5) is 11.3. The molecule has 1 aliphatic rings. The van der Waals surface area contributed by atoms with Crippen molar-refractivity contribution >= 4 is 5.91 Å². The summed E-state index contributed by atoms with van der Waals surface area (Å²) in [5.74, 6) is -2.52. The Labute approximate surface area is 120 Å². The van der Waals surface area contributed by atoms with Crippen LogP contribution in [-0.4, -0.2) is 11.0 Å². The monoisotopic (exact) mass is 289 g/mol. The minimum atomic E-state index is -0.738. The van der Waals surface area contributed by atoms with E-state index in [9.17, 15) is 18.7 Å². The number of rotatable bonds is 2. The first-order chi connectivity index (χ1) is 9.99. The van der Waals surface area contributed by atoms with Crippen molar-refractivity contribution in [3.8, 4) is 5.75 Å². The van der Waals surface area contributed by atoms with Crippen LogP contribution < -0.4 is 5.73 Å². The van der Waals surface area contributed by atoms with Gasteiger partial charge >= 0.3 is 0 Å². The van der Waals surface area contributed by atoms with E-state index in [1.54, 1.807) is 12.1 Å². The maximum Gasteiger partial charge on any atom is 0.252 e. The van der Waals surface area contributed by atoms with E-state index in [1.807, 2.05) is 0 Å². The lowest BCUT2D eigenvalue weighted by atomic mass is 9.90. The molecule has 0 unspecified atom stereocenters. The van der Waals surface area contributed by atoms with E-state index in [4.69, 9.17) is 5.73 Å². The number of hydrogen-bond donors (Lipinski definition) is 2. The number of para-hydroxylation sites is 1. The van der Waals surface area contributed by atoms with E-state index in [1.165, 1.54) is 12.1 Å². The molecule has 5 heteroatoms. The molecule has 1 atom stereocenters. The molecule has 0 saturated carbocycles. The van der Waals surface area contributed by atoms with Crippen molar-refractivity contribution in [2.24, 2.45) is 5.73 Å². The van der Waals surface area contributed by atoms with E-state index >= 15 is 0 Å². The lowest BCUT2D eigenvalue weighted by Gasteiger charge is -2.15. The highest BCUT2D eigenvalue weighted by Gasteiger charge is 2.30. The predicted molar refractivity (Wildman–Crippen MR) is 73.1 cm³/mol. The molecule has 2 aromatic carbocycles. The van der Waals surface area contributed by atoms with Gasteiger partial charge in [-0.25, -0.2) is 8.78 Å². The fourth-order valence-corrected chi connectivity index (χ4v) is 3.01. The minimum Gasteiger partial charge on any atom is -0.507 e. The van der Waals surface area contributed by atoms with Gasteiger partial charge in [-0.15, -0.1) is 0 Å². The van der Waals surface area contributed by atoms with Gasteiger partial charge in [0.25, 0.3) is 5.91 Å². The number of fused-ring (bicyclic) bond motifs is 1. The van der Waals surface area contributed by atoms with E-state index in [2.05, 4.69) is 0 Å². The zero-order chi connectivity index (χ0) is 15.1. The Morgan fingerprint density at radius 1 is 1.24 bits per heavy atom. The second-order valence-electron chi connectivity index (χ2n) is 5.15. The van der Waals surface area contributed by atoms with Crippen LogP contribution in [0.3, 0.4) is 0 Å². The first-order valence-corrected chi connectivity index (χ1v) is 6.58. The van der Waals surface area contributed by atoms with Crippen LogP contribution in [0.5, 0.6) is 5.75 Å². The molecule has 2 aromatic rings. The minimum absolute atomic E-state index is 0.0119. The van der Waals surface area contributed by atoms with Crippen LogP contribution in [-0.2, 0) is 6.42 Å². The van der Waals surface area contributed by atoms with E-state index in [-0.39, 0.29) is 17.2 Å². The summed E-state index contributed by atoms with van der Waals surface area (Å²) in [6, 6.07) is 6.81. The van der Waals surface area contributed by atoms with Gasteiger partial charge in [-0.2, -0.15) is 0 Å². The Bertz CT molecular complexity index is 743. The first-order valence-electron chi connectivity index (χ1n) is 6.58. The Morgan fingerprint density at radius 2 is 2.00 bits per heavy atom. The van der Waals surface area contributed by atoms with Gasteiger partial charge in [0.2, 0.25) is 0 Å². The maximum atomic E-state index is 13.8. The summed E-state index contributed by atoms with van der Waals surface area (Å²) in [7, 11) is 0. The van der Waals surface area contributed by atoms with Crippen LogP contribution in [0.1, 0.15) is 39.4 Å². The average Bonchev–Trinajstić information content (AvgIpc) is 2.82. The summed E-state index contributed by atoms with van der Waals surface area (Å²) < 4.78 is 27.2. The molecule has 21 heavy (non-hydrogen) atoms. The molecule has 0 radical (unpaired) electrons. The van der Waals surface area contributed by atoms with Crippen molar-refractivity contribution in [3.05, 3.63) is 64.2 Å². The molecule has 0 fully saturated rings. The van der Waals surface area contributed by atoms with Crippen molar-refractivity contribution in [2.45, 2.75) is 18.8 Å². The van der Waals surface area contributed by atoms with Crippen molar-refractivity contribution in [3.63, 3.8) is 0 Å². The van der Waals surface area contributed by atoms with Crippen LogP contribution >= 0.6 is 0 Å². The zero-order valence-corrected chi connectivity index (χ0v) is 11.1. The van der Waals surface area contributed by atoms with Gasteiger partial charge in [-0.1, -0.05) is 12.1 Å². The summed E-state index contributed by atoms with van der Waals surface area (Å²) in [5, 5.41) is 10.2. The Kier molecular flexibility index (Phi) is 3.12. The lowest BCUT2D eigenvalue weighted by Crippen LogP contribution is -2.12. The molecule has 0 spiro atoms. The third-order valence-corrected chi connectivity index (χ3v) is 3.96. The number of hydrogen-bond acceptors (Lipinski definition) is 2. The number of primary amides is 1. The molecule has 0 heterocycles. The molecular formula is C16H13F2NO2. The molecule has 0 aromatic heterocycles. The van der Waals surface area contributed by atoms with Gasteiger partial charge in [0.05, 0.1) is 5.56 Å². The van der Waals surface area contributed by atoms with E-state index < -0.39 is 17.5 Å². The van der Waals surface area contributed by atoms with Crippen molar-refractivity contribution in [1.82, 2.24) is 0 Å². The number of halogens is 2. The van der Waals surface area contributed by atoms with Gasteiger partial charge < -0.3 is 10.8 Å². The van der Waals surface area contributed by atoms with Crippen molar-refractivity contribution < 1.29 is 18.7 Å². The number of aromatic hydroxyl groups is 1. The average molecular weight is 289 g/mol. The van der Waals surface area contributed by atoms with Gasteiger partial charge in [0.15, 0.2) is 0 Å². The quantitative estimate of drug-likeness (QED) is 0.893. The van der Waals surface area contributed by atoms with Crippen molar-refractivity contribution in [1.29, 1.82) is 0 Å². The molecule has 1 aliphatic carbocycles. The third kappa shape index (κ3) is 2.14. The molecule has 108 valence electrons. The summed E-state index contributed by atoms with van der Waals surface area (Å²) in [6.45, 7) is 0. The zero-order valence-electron chi connectivity index (χ0n) is 11.1. The fourth-order valence-electron chi connectivity index (χ4n) is 3.01. The molecule has 0 bridgehead atoms. The van der Waals surface area contributed by atoms with E-state index in [0.717, 1.165) is 6.07 Å². The van der Waals surface area contributed by atoms with Crippen LogP contribution in [0.4, 0.5) is 8.78 Å². The lowest BCUT2D eigenvalue weighted by molar-refractivity contribution is 0.0997. The number of carbonyl (C=O) groups excluding carboxylic acids is 1. The molecule has 0 aliphatic heterocycles. The number of phenols is 1. The summed E-state index contributed by atoms with van der Waals surface area (Å²) in [6.07, 6.45) is 1.01. The Morgan fingerprint density at radius 3 is 2.71 bits per heavy atom. The fraction of sp³-hybridized carbons (Fsp3) is 0.188. The van der Waals surface area contributed by atoms with Crippen LogP contribution in [0, 0.1) is 11.6 Å². The second-order valence-corrected chi connectivity index (χ2v) is 5.15. The molecular weight excluding hydrogens is 276 g/mol. The van der Waals surface area contributed by atoms with Crippen molar-refractivity contribution in [2.75, 3.05) is 0 Å². The summed E-state index contributed by atoms with van der Waals surface area (Å²) in [5.41, 5.74) is 6.67. The standard InChI is InChI=1S/C16H13F2NO2/c17-8-6-13-9(4-5-10(13)14(18)7-8)11-2-1-3-12(15(11)20)16(19)21/h1-3,6-7,9,20H,4-5H2,(H2,19,21)/t9-/m0/s1. The molecule has 3 nitrogen and oxygen atoms in total. The Balaban J connectivity index is 2.14. The highest BCUT2D eigenvalue weighted by atomic mass is 19.1. The molecule has 3 N–H and O–H groups in total. The molecule has 0 saturated heterocycles. The van der Waals surface area contributed by atoms with E-state index in [0.29, 0.717) is 29.5 Å². The number of nitrogens with two attached hydrogens (primary N) is 1. The highest BCUT2D eigenvalue weighted by Crippen LogP contribution is 2.43. The Hall–Kier alpha value is -2.43. The third-order valence-electron chi connectivity index (χ3n) is 3.96. The molecule has 1 amide bonds. The van der Waals surface area contributed by atoms with Gasteiger partial charge in [0.1, 0.15) is 17.4 Å². The topological polar surface area (TPSA) is 63.3 Å². The van der Waals surface area contributed by atoms with Gasteiger partial charge in [-0.3, -0.25) is 4.79 Å². The van der Waals surface area contributed by atoms with Gasteiger partial charge in [0, 0.05) is 17.5 Å². The normalized spacial score (nSPS) is 16.8. The van der Waals surface area contributed by atoms with Gasteiger partial charge in [-0.05, 0) is 36.1 Å². The van der Waals surface area contributed by atoms with Crippen LogP contribution in [0.15, 0.2) is 30.3 Å². The number of amides is 1. The highest BCUT2D eigenvalue weighted by molar-refractivity contribution is 5.96. The molecule has 3 rings (SSSR count). The summed E-state index contributed by atoms with van der Waals surface area (Å²) >= 11 is 0. The number of carbonyl (C=O) groups is 1. The first kappa shape index (κ1) is 13.5. The largest absolute Gasteiger partial charge is 0.507 e. The van der Waals surface area contributed by atoms with Crippen LogP contribution in [0.2, 0.25) is 0 Å². The second kappa shape index (κ2) is 4.84. The van der Waals surface area contributed by atoms with Crippen LogP contribution in [0.25, 0.3) is 0 Å². The SMILES string of the molecule is NC(=O)c1cccc([C@@H]2CCc3c(F)cc(F)cc32)c1O. The smallest absolute Gasteiger partial charge is 0.252 e. The number of benzene rings is 2. The predicted octanol–water partition coefficient (Wildman–Crippen LogP) is 2.85.